The highest BCUT2D eigenvalue weighted by Crippen LogP contribution is 2.17. The molecule has 4 nitrogen and oxygen atoms in total. The number of hydrogen-bond donors (Lipinski definition) is 0. The molecule has 0 aliphatic carbocycles. The third kappa shape index (κ3) is 5.14. The molecule has 23 heavy (non-hydrogen) atoms. The van der Waals surface area contributed by atoms with Crippen molar-refractivity contribution in [2.24, 2.45) is 0 Å². The number of halogens is 1. The molecule has 0 heterocycles. The highest BCUT2D eigenvalue weighted by molar-refractivity contribution is 9.10. The van der Waals surface area contributed by atoms with Crippen LogP contribution in [0, 0.1) is 0 Å². The molecule has 5 heteroatoms. The van der Waals surface area contributed by atoms with Crippen molar-refractivity contribution in [1.29, 1.82) is 0 Å². The van der Waals surface area contributed by atoms with E-state index in [1.165, 1.54) is 13.0 Å². The highest BCUT2D eigenvalue weighted by Gasteiger charge is 2.12. The topological polar surface area (TPSA) is 60.4 Å². The molecule has 0 N–H and O–H groups in total. The van der Waals surface area contributed by atoms with E-state index in [1.807, 2.05) is 0 Å². The van der Waals surface area contributed by atoms with Gasteiger partial charge in [0, 0.05) is 35.4 Å². The summed E-state index contributed by atoms with van der Waals surface area (Å²) < 4.78 is 5.84. The van der Waals surface area contributed by atoms with Crippen molar-refractivity contribution in [3.63, 3.8) is 0 Å². The lowest BCUT2D eigenvalue weighted by molar-refractivity contribution is -0.131. The number of hydrogen-bond acceptors (Lipinski definition) is 4. The third-order valence-corrected chi connectivity index (χ3v) is 3.69. The van der Waals surface area contributed by atoms with E-state index in [-0.39, 0.29) is 24.4 Å². The van der Waals surface area contributed by atoms with Gasteiger partial charge in [0.2, 0.25) is 0 Å². The molecule has 0 radical (unpaired) electrons. The fourth-order valence-corrected chi connectivity index (χ4v) is 2.31. The summed E-state index contributed by atoms with van der Waals surface area (Å²) in [5.41, 5.74) is 1.00. The van der Waals surface area contributed by atoms with Gasteiger partial charge in [-0.05, 0) is 24.3 Å². The summed E-state index contributed by atoms with van der Waals surface area (Å²) in [6.45, 7) is 1.30. The first-order valence-corrected chi connectivity index (χ1v) is 7.85. The fourth-order valence-electron chi connectivity index (χ4n) is 2.05. The van der Waals surface area contributed by atoms with Gasteiger partial charge in [-0.2, -0.15) is 0 Å². The quantitative estimate of drug-likeness (QED) is 0.431. The van der Waals surface area contributed by atoms with Crippen molar-refractivity contribution in [1.82, 2.24) is 0 Å². The van der Waals surface area contributed by atoms with Gasteiger partial charge in [0.1, 0.15) is 5.75 Å². The summed E-state index contributed by atoms with van der Waals surface area (Å²) >= 11 is 3.31. The van der Waals surface area contributed by atoms with Crippen LogP contribution < -0.4 is 4.74 Å². The minimum atomic E-state index is -0.444. The van der Waals surface area contributed by atoms with Crippen molar-refractivity contribution < 1.29 is 19.1 Å². The number of carbonyl (C=O) groups excluding carboxylic acids is 3. The van der Waals surface area contributed by atoms with Crippen LogP contribution >= 0.6 is 15.9 Å². The minimum absolute atomic E-state index is 0.0815. The second kappa shape index (κ2) is 7.83. The number of Topliss-reactive ketones (excluding diaryl/α,β-unsaturated/α-hetero) is 2. The van der Waals surface area contributed by atoms with Crippen LogP contribution in [0.2, 0.25) is 0 Å². The molecule has 0 amide bonds. The van der Waals surface area contributed by atoms with Crippen molar-refractivity contribution in [2.45, 2.75) is 19.8 Å². The van der Waals surface area contributed by atoms with Gasteiger partial charge in [0.25, 0.3) is 0 Å². The zero-order valence-electron chi connectivity index (χ0n) is 12.5. The molecule has 0 bridgehead atoms. The van der Waals surface area contributed by atoms with E-state index in [0.29, 0.717) is 16.9 Å². The lowest BCUT2D eigenvalue weighted by Gasteiger charge is -2.05. The molecule has 0 atom stereocenters. The molecule has 0 aliphatic rings. The van der Waals surface area contributed by atoms with Crippen LogP contribution in [-0.2, 0) is 4.79 Å². The van der Waals surface area contributed by atoms with E-state index in [1.54, 1.807) is 42.5 Å². The Morgan fingerprint density at radius 3 is 2.13 bits per heavy atom. The second-order valence-electron chi connectivity index (χ2n) is 4.97. The number of rotatable bonds is 6. The van der Waals surface area contributed by atoms with Gasteiger partial charge in [-0.15, -0.1) is 0 Å². The number of benzene rings is 2. The van der Waals surface area contributed by atoms with E-state index >= 15 is 0 Å². The Balaban J connectivity index is 1.98. The van der Waals surface area contributed by atoms with Crippen LogP contribution in [0.5, 0.6) is 5.75 Å². The molecular weight excluding hydrogens is 360 g/mol. The van der Waals surface area contributed by atoms with Gasteiger partial charge in [0.05, 0.1) is 0 Å². The molecule has 0 unspecified atom stereocenters. The van der Waals surface area contributed by atoms with Crippen LogP contribution in [-0.4, -0.2) is 17.5 Å². The van der Waals surface area contributed by atoms with Crippen molar-refractivity contribution in [2.75, 3.05) is 0 Å². The molecule has 0 aliphatic heterocycles. The minimum Gasteiger partial charge on any atom is -0.427 e. The maximum Gasteiger partial charge on any atom is 0.308 e. The molecule has 0 fully saturated rings. The smallest absolute Gasteiger partial charge is 0.308 e. The zero-order chi connectivity index (χ0) is 16.8. The average Bonchev–Trinajstić information content (AvgIpc) is 2.52. The Morgan fingerprint density at radius 2 is 1.52 bits per heavy atom. The Bertz CT molecular complexity index is 735. The molecule has 0 aromatic heterocycles. The Kier molecular flexibility index (Phi) is 5.82. The normalized spacial score (nSPS) is 10.2. The van der Waals surface area contributed by atoms with E-state index < -0.39 is 5.97 Å². The average molecular weight is 375 g/mol. The summed E-state index contributed by atoms with van der Waals surface area (Å²) in [7, 11) is 0. The first-order chi connectivity index (χ1) is 11.0. The number of ketones is 2. The van der Waals surface area contributed by atoms with Crippen molar-refractivity contribution in [3.8, 4) is 5.75 Å². The standard InChI is InChI=1S/C18H15BrO4/c1-12(20)23-16-4-2-3-14(11-16)18(22)10-9-17(21)13-5-7-15(19)8-6-13/h2-8,11H,9-10H2,1H3. The van der Waals surface area contributed by atoms with Gasteiger partial charge >= 0.3 is 5.97 Å². The molecule has 2 aromatic rings. The van der Waals surface area contributed by atoms with Gasteiger partial charge in [-0.25, -0.2) is 0 Å². The van der Waals surface area contributed by atoms with Crippen LogP contribution in [0.25, 0.3) is 0 Å². The summed E-state index contributed by atoms with van der Waals surface area (Å²) in [4.78, 5) is 35.2. The molecule has 2 rings (SSSR count). The van der Waals surface area contributed by atoms with Gasteiger partial charge in [0.15, 0.2) is 11.6 Å². The summed E-state index contributed by atoms with van der Waals surface area (Å²) in [6.07, 6.45) is 0.247. The Hall–Kier alpha value is -2.27. The van der Waals surface area contributed by atoms with Gasteiger partial charge in [-0.1, -0.05) is 40.2 Å². The monoisotopic (exact) mass is 374 g/mol. The van der Waals surface area contributed by atoms with Gasteiger partial charge < -0.3 is 4.74 Å². The molecule has 0 saturated heterocycles. The van der Waals surface area contributed by atoms with E-state index in [2.05, 4.69) is 15.9 Å². The maximum atomic E-state index is 12.2. The number of ether oxygens (including phenoxy) is 1. The van der Waals surface area contributed by atoms with Gasteiger partial charge in [-0.3, -0.25) is 14.4 Å². The largest absolute Gasteiger partial charge is 0.427 e. The van der Waals surface area contributed by atoms with Crippen LogP contribution in [0.15, 0.2) is 53.0 Å². The molecular formula is C18H15BrO4. The summed E-state index contributed by atoms with van der Waals surface area (Å²) in [5, 5.41) is 0. The van der Waals surface area contributed by atoms with Crippen LogP contribution in [0.4, 0.5) is 0 Å². The number of esters is 1. The van der Waals surface area contributed by atoms with Crippen molar-refractivity contribution in [3.05, 3.63) is 64.1 Å². The SMILES string of the molecule is CC(=O)Oc1cccc(C(=O)CCC(=O)c2ccc(Br)cc2)c1. The second-order valence-corrected chi connectivity index (χ2v) is 5.89. The summed E-state index contributed by atoms with van der Waals surface area (Å²) in [6, 6.07) is 13.4. The van der Waals surface area contributed by atoms with Crippen LogP contribution in [0.3, 0.4) is 0 Å². The van der Waals surface area contributed by atoms with Crippen LogP contribution in [0.1, 0.15) is 40.5 Å². The van der Waals surface area contributed by atoms with E-state index in [0.717, 1.165) is 4.47 Å². The zero-order valence-corrected chi connectivity index (χ0v) is 14.1. The molecule has 2 aromatic carbocycles. The lowest BCUT2D eigenvalue weighted by Crippen LogP contribution is -2.06. The predicted octanol–water partition coefficient (Wildman–Crippen LogP) is 4.22. The predicted molar refractivity (Wildman–Crippen MR) is 89.8 cm³/mol. The Labute approximate surface area is 142 Å². The van der Waals surface area contributed by atoms with Crippen molar-refractivity contribution >= 4 is 33.5 Å². The number of carbonyl (C=O) groups is 3. The lowest BCUT2D eigenvalue weighted by atomic mass is 10.0. The third-order valence-electron chi connectivity index (χ3n) is 3.16. The maximum absolute atomic E-state index is 12.2. The molecule has 0 spiro atoms. The Morgan fingerprint density at radius 1 is 0.913 bits per heavy atom. The molecule has 118 valence electrons. The highest BCUT2D eigenvalue weighted by atomic mass is 79.9. The van der Waals surface area contributed by atoms with E-state index in [4.69, 9.17) is 4.74 Å². The first-order valence-electron chi connectivity index (χ1n) is 7.06. The fraction of sp³-hybridized carbons (Fsp3) is 0.167. The van der Waals surface area contributed by atoms with E-state index in [9.17, 15) is 14.4 Å². The summed E-state index contributed by atoms with van der Waals surface area (Å²) in [5.74, 6) is -0.367. The molecule has 0 saturated carbocycles. The first kappa shape index (κ1) is 17.1.